The molecule has 0 spiro atoms. The summed E-state index contributed by atoms with van der Waals surface area (Å²) in [5.41, 5.74) is 1.80. The largest absolute Gasteiger partial charge is 0.494 e. The van der Waals surface area contributed by atoms with Crippen molar-refractivity contribution in [2.24, 2.45) is 0 Å². The van der Waals surface area contributed by atoms with Crippen molar-refractivity contribution < 1.29 is 9.13 Å². The Morgan fingerprint density at radius 3 is 2.73 bits per heavy atom. The van der Waals surface area contributed by atoms with Crippen LogP contribution in [0.4, 0.5) is 10.3 Å². The number of benzene rings is 1. The average molecular weight is 299 g/mol. The molecule has 0 fully saturated rings. The molecular weight excluding hydrogens is 285 g/mol. The van der Waals surface area contributed by atoms with Crippen LogP contribution in [0.3, 0.4) is 0 Å². The molecule has 2 heterocycles. The summed E-state index contributed by atoms with van der Waals surface area (Å²) in [6.07, 6.45) is 5.86. The van der Waals surface area contributed by atoms with Gasteiger partial charge in [-0.1, -0.05) is 12.1 Å². The van der Waals surface area contributed by atoms with E-state index in [1.165, 1.54) is 0 Å². The molecular formula is C15H14FN5O. The second-order valence-electron chi connectivity index (χ2n) is 4.54. The summed E-state index contributed by atoms with van der Waals surface area (Å²) in [6, 6.07) is 7.62. The molecule has 0 amide bonds. The van der Waals surface area contributed by atoms with Crippen molar-refractivity contribution in [3.63, 3.8) is 0 Å². The van der Waals surface area contributed by atoms with Crippen molar-refractivity contribution in [3.8, 4) is 11.4 Å². The van der Waals surface area contributed by atoms with Crippen molar-refractivity contribution in [3.05, 3.63) is 60.4 Å². The summed E-state index contributed by atoms with van der Waals surface area (Å²) in [6.45, 7) is 0.487. The Balaban J connectivity index is 1.72. The number of hydrogen-bond donors (Lipinski definition) is 1. The first kappa shape index (κ1) is 14.0. The highest BCUT2D eigenvalue weighted by molar-refractivity contribution is 5.46. The van der Waals surface area contributed by atoms with Crippen LogP contribution in [0.2, 0.25) is 0 Å². The van der Waals surface area contributed by atoms with Crippen LogP contribution < -0.4 is 10.1 Å². The average Bonchev–Trinajstić information content (AvgIpc) is 3.03. The minimum Gasteiger partial charge on any atom is -0.494 e. The highest BCUT2D eigenvalue weighted by atomic mass is 19.1. The van der Waals surface area contributed by atoms with E-state index in [1.807, 2.05) is 30.5 Å². The standard InChI is InChI=1S/C15H14FN5O/c1-22-14-5-3-2-4-13(14)21-10-11(7-20-21)6-17-15-18-8-12(16)9-19-15/h2-5,7-10H,6H2,1H3,(H,17,18,19). The first-order valence-electron chi connectivity index (χ1n) is 6.64. The maximum absolute atomic E-state index is 12.7. The van der Waals surface area contributed by atoms with Gasteiger partial charge in [0.05, 0.1) is 25.7 Å². The fourth-order valence-corrected chi connectivity index (χ4v) is 1.99. The van der Waals surface area contributed by atoms with E-state index in [-0.39, 0.29) is 0 Å². The van der Waals surface area contributed by atoms with E-state index in [2.05, 4.69) is 20.4 Å². The molecule has 22 heavy (non-hydrogen) atoms. The lowest BCUT2D eigenvalue weighted by atomic mass is 10.3. The Bertz CT molecular complexity index is 757. The van der Waals surface area contributed by atoms with Gasteiger partial charge >= 0.3 is 0 Å². The van der Waals surface area contributed by atoms with E-state index < -0.39 is 5.82 Å². The fourth-order valence-electron chi connectivity index (χ4n) is 1.99. The van der Waals surface area contributed by atoms with Gasteiger partial charge in [0.1, 0.15) is 11.4 Å². The van der Waals surface area contributed by atoms with Crippen LogP contribution in [0.5, 0.6) is 5.75 Å². The monoisotopic (exact) mass is 299 g/mol. The van der Waals surface area contributed by atoms with Gasteiger partial charge in [0.2, 0.25) is 5.95 Å². The van der Waals surface area contributed by atoms with Gasteiger partial charge in [-0.25, -0.2) is 19.0 Å². The molecule has 0 atom stereocenters. The van der Waals surface area contributed by atoms with E-state index >= 15 is 0 Å². The Kier molecular flexibility index (Phi) is 3.95. The Morgan fingerprint density at radius 1 is 1.18 bits per heavy atom. The number of methoxy groups -OCH3 is 1. The van der Waals surface area contributed by atoms with Crippen molar-refractivity contribution >= 4 is 5.95 Å². The van der Waals surface area contributed by atoms with Crippen molar-refractivity contribution in [1.82, 2.24) is 19.7 Å². The molecule has 2 aromatic heterocycles. The number of halogens is 1. The molecule has 0 saturated carbocycles. The minimum absolute atomic E-state index is 0.367. The molecule has 3 aromatic rings. The molecule has 3 rings (SSSR count). The number of aromatic nitrogens is 4. The zero-order valence-electron chi connectivity index (χ0n) is 11.9. The fraction of sp³-hybridized carbons (Fsp3) is 0.133. The lowest BCUT2D eigenvalue weighted by Gasteiger charge is -2.07. The Labute approximate surface area is 126 Å². The quantitative estimate of drug-likeness (QED) is 0.784. The maximum Gasteiger partial charge on any atom is 0.223 e. The number of ether oxygens (including phenoxy) is 1. The van der Waals surface area contributed by atoms with Gasteiger partial charge in [-0.2, -0.15) is 5.10 Å². The molecule has 0 unspecified atom stereocenters. The molecule has 1 aromatic carbocycles. The lowest BCUT2D eigenvalue weighted by molar-refractivity contribution is 0.411. The van der Waals surface area contributed by atoms with Crippen LogP contribution in [0.1, 0.15) is 5.56 Å². The van der Waals surface area contributed by atoms with E-state index in [4.69, 9.17) is 4.74 Å². The molecule has 0 radical (unpaired) electrons. The zero-order valence-corrected chi connectivity index (χ0v) is 11.9. The first-order chi connectivity index (χ1) is 10.8. The third-order valence-electron chi connectivity index (χ3n) is 3.04. The summed E-state index contributed by atoms with van der Waals surface area (Å²) in [4.78, 5) is 7.68. The number of hydrogen-bond acceptors (Lipinski definition) is 5. The van der Waals surface area contributed by atoms with Crippen molar-refractivity contribution in [2.75, 3.05) is 12.4 Å². The van der Waals surface area contributed by atoms with Gasteiger partial charge in [-0.3, -0.25) is 0 Å². The van der Waals surface area contributed by atoms with E-state index in [0.717, 1.165) is 29.4 Å². The van der Waals surface area contributed by atoms with E-state index in [1.54, 1.807) is 18.0 Å². The Hall–Kier alpha value is -2.96. The lowest BCUT2D eigenvalue weighted by Crippen LogP contribution is -2.03. The van der Waals surface area contributed by atoms with Crippen LogP contribution in [0.25, 0.3) is 5.69 Å². The number of nitrogens with zero attached hydrogens (tertiary/aromatic N) is 4. The van der Waals surface area contributed by atoms with Crippen LogP contribution >= 0.6 is 0 Å². The van der Waals surface area contributed by atoms with Crippen LogP contribution in [-0.2, 0) is 6.54 Å². The van der Waals surface area contributed by atoms with Gasteiger partial charge in [-0.15, -0.1) is 0 Å². The third-order valence-corrected chi connectivity index (χ3v) is 3.04. The second-order valence-corrected chi connectivity index (χ2v) is 4.54. The highest BCUT2D eigenvalue weighted by Gasteiger charge is 2.06. The summed E-state index contributed by atoms with van der Waals surface area (Å²) >= 11 is 0. The van der Waals surface area contributed by atoms with Gasteiger partial charge < -0.3 is 10.1 Å². The number of nitrogens with one attached hydrogen (secondary N) is 1. The summed E-state index contributed by atoms with van der Waals surface area (Å²) in [7, 11) is 1.62. The minimum atomic E-state index is -0.463. The van der Waals surface area contributed by atoms with Gasteiger partial charge in [0.25, 0.3) is 0 Å². The maximum atomic E-state index is 12.7. The summed E-state index contributed by atoms with van der Waals surface area (Å²) in [5.74, 6) is 0.646. The molecule has 112 valence electrons. The first-order valence-corrected chi connectivity index (χ1v) is 6.64. The topological polar surface area (TPSA) is 64.9 Å². The number of rotatable bonds is 5. The van der Waals surface area contributed by atoms with Crippen LogP contribution in [0.15, 0.2) is 49.1 Å². The highest BCUT2D eigenvalue weighted by Crippen LogP contribution is 2.21. The molecule has 0 aliphatic heterocycles. The summed E-state index contributed by atoms with van der Waals surface area (Å²) in [5, 5.41) is 7.33. The summed E-state index contributed by atoms with van der Waals surface area (Å²) < 4.78 is 19.8. The SMILES string of the molecule is COc1ccccc1-n1cc(CNc2ncc(F)cn2)cn1. The van der Waals surface area contributed by atoms with Gasteiger partial charge in [0.15, 0.2) is 5.82 Å². The van der Waals surface area contributed by atoms with Crippen molar-refractivity contribution in [2.45, 2.75) is 6.54 Å². The molecule has 0 bridgehead atoms. The molecule has 7 heteroatoms. The zero-order chi connectivity index (χ0) is 15.4. The van der Waals surface area contributed by atoms with Crippen LogP contribution in [-0.4, -0.2) is 26.9 Å². The number of anilines is 1. The smallest absolute Gasteiger partial charge is 0.223 e. The molecule has 1 N–H and O–H groups in total. The van der Waals surface area contributed by atoms with E-state index in [9.17, 15) is 4.39 Å². The van der Waals surface area contributed by atoms with Crippen molar-refractivity contribution in [1.29, 1.82) is 0 Å². The Morgan fingerprint density at radius 2 is 1.95 bits per heavy atom. The molecule has 0 aliphatic carbocycles. The van der Waals surface area contributed by atoms with E-state index in [0.29, 0.717) is 12.5 Å². The molecule has 6 nitrogen and oxygen atoms in total. The number of para-hydroxylation sites is 2. The van der Waals surface area contributed by atoms with Gasteiger partial charge in [-0.05, 0) is 12.1 Å². The third kappa shape index (κ3) is 3.03. The molecule has 0 aliphatic rings. The predicted octanol–water partition coefficient (Wildman–Crippen LogP) is 2.42. The molecule has 0 saturated heterocycles. The van der Waals surface area contributed by atoms with Crippen LogP contribution in [0, 0.1) is 5.82 Å². The normalized spacial score (nSPS) is 10.5. The predicted molar refractivity (Wildman–Crippen MR) is 79.4 cm³/mol. The van der Waals surface area contributed by atoms with Gasteiger partial charge in [0, 0.05) is 18.3 Å². The second kappa shape index (κ2) is 6.21.